The molecule has 0 spiro atoms. The molecule has 0 saturated carbocycles. The number of pyridine rings is 1. The van der Waals surface area contributed by atoms with Crippen molar-refractivity contribution in [3.63, 3.8) is 0 Å². The lowest BCUT2D eigenvalue weighted by molar-refractivity contribution is -0.117. The van der Waals surface area contributed by atoms with Crippen LogP contribution in [0.25, 0.3) is 0 Å². The molecule has 3 N–H and O–H groups in total. The standard InChI is InChI=1S/C23H28N4O3/c1-25-15-20(21(24)16-6-4-3-5-7-16)23(28)22(17-8-10-30-11-9-17)27-18-12-19(29-2)14-26-13-18/h3-7,12-15,17,22,24-25,27H,8-11H2,1-2H3/b20-15+,24-21?. The number of carbonyl (C=O) groups is 1. The van der Waals surface area contributed by atoms with Gasteiger partial charge in [0.05, 0.1) is 42.5 Å². The molecule has 2 aromatic rings. The molecule has 0 aliphatic carbocycles. The number of ketones is 1. The predicted molar refractivity (Wildman–Crippen MR) is 117 cm³/mol. The summed E-state index contributed by atoms with van der Waals surface area (Å²) in [7, 11) is 3.31. The van der Waals surface area contributed by atoms with Gasteiger partial charge in [-0.05, 0) is 18.8 Å². The van der Waals surface area contributed by atoms with Crippen LogP contribution in [0.15, 0.2) is 60.6 Å². The van der Waals surface area contributed by atoms with E-state index >= 15 is 0 Å². The van der Waals surface area contributed by atoms with Crippen molar-refractivity contribution in [2.24, 2.45) is 5.92 Å². The molecule has 1 aliphatic rings. The highest BCUT2D eigenvalue weighted by molar-refractivity contribution is 6.29. The van der Waals surface area contributed by atoms with Crippen LogP contribution in [-0.4, -0.2) is 49.9 Å². The fourth-order valence-electron chi connectivity index (χ4n) is 3.57. The van der Waals surface area contributed by atoms with Gasteiger partial charge in [0.1, 0.15) is 5.75 Å². The minimum Gasteiger partial charge on any atom is -0.495 e. The molecule has 0 amide bonds. The van der Waals surface area contributed by atoms with Gasteiger partial charge in [0.15, 0.2) is 5.78 Å². The molecule has 2 heterocycles. The van der Waals surface area contributed by atoms with E-state index in [0.29, 0.717) is 35.8 Å². The van der Waals surface area contributed by atoms with Crippen LogP contribution in [0.2, 0.25) is 0 Å². The van der Waals surface area contributed by atoms with Crippen LogP contribution in [0, 0.1) is 11.3 Å². The highest BCUT2D eigenvalue weighted by Crippen LogP contribution is 2.26. The average molecular weight is 409 g/mol. The number of nitrogens with zero attached hydrogens (tertiary/aromatic N) is 1. The zero-order chi connectivity index (χ0) is 21.3. The molecule has 1 unspecified atom stereocenters. The third kappa shape index (κ3) is 5.24. The average Bonchev–Trinajstić information content (AvgIpc) is 2.81. The summed E-state index contributed by atoms with van der Waals surface area (Å²) in [5.41, 5.74) is 1.93. The van der Waals surface area contributed by atoms with Crippen molar-refractivity contribution >= 4 is 17.2 Å². The van der Waals surface area contributed by atoms with Gasteiger partial charge in [0, 0.05) is 38.1 Å². The van der Waals surface area contributed by atoms with E-state index < -0.39 is 6.04 Å². The van der Waals surface area contributed by atoms with Crippen molar-refractivity contribution < 1.29 is 14.3 Å². The molecule has 30 heavy (non-hydrogen) atoms. The normalized spacial score (nSPS) is 15.9. The number of nitrogens with one attached hydrogen (secondary N) is 3. The molecule has 0 bridgehead atoms. The predicted octanol–water partition coefficient (Wildman–Crippen LogP) is 3.04. The second-order valence-electron chi connectivity index (χ2n) is 7.14. The van der Waals surface area contributed by atoms with Crippen molar-refractivity contribution in [3.8, 4) is 5.75 Å². The summed E-state index contributed by atoms with van der Waals surface area (Å²) in [5.74, 6) is 0.565. The summed E-state index contributed by atoms with van der Waals surface area (Å²) >= 11 is 0. The molecule has 1 atom stereocenters. The summed E-state index contributed by atoms with van der Waals surface area (Å²) in [6.45, 7) is 1.24. The van der Waals surface area contributed by atoms with Crippen LogP contribution in [0.1, 0.15) is 18.4 Å². The van der Waals surface area contributed by atoms with Crippen molar-refractivity contribution in [2.75, 3.05) is 32.7 Å². The first-order chi connectivity index (χ1) is 14.6. The monoisotopic (exact) mass is 408 g/mol. The third-order valence-corrected chi connectivity index (χ3v) is 5.18. The quantitative estimate of drug-likeness (QED) is 0.436. The van der Waals surface area contributed by atoms with Gasteiger partial charge in [-0.15, -0.1) is 0 Å². The van der Waals surface area contributed by atoms with Crippen molar-refractivity contribution in [1.29, 1.82) is 5.41 Å². The van der Waals surface area contributed by atoms with E-state index in [0.717, 1.165) is 12.8 Å². The maximum atomic E-state index is 13.7. The second kappa shape index (κ2) is 10.5. The zero-order valence-corrected chi connectivity index (χ0v) is 17.4. The topological polar surface area (TPSA) is 96.3 Å². The van der Waals surface area contributed by atoms with E-state index in [2.05, 4.69) is 15.6 Å². The van der Waals surface area contributed by atoms with E-state index in [4.69, 9.17) is 14.9 Å². The van der Waals surface area contributed by atoms with Gasteiger partial charge < -0.3 is 20.1 Å². The number of benzene rings is 1. The SMILES string of the molecule is CN/C=C(\C(=N)c1ccccc1)C(=O)C(Nc1cncc(OC)c1)C1CCOCC1. The van der Waals surface area contributed by atoms with Crippen molar-refractivity contribution in [3.05, 3.63) is 66.1 Å². The third-order valence-electron chi connectivity index (χ3n) is 5.18. The van der Waals surface area contributed by atoms with Gasteiger partial charge in [-0.3, -0.25) is 15.2 Å². The zero-order valence-electron chi connectivity index (χ0n) is 17.4. The van der Waals surface area contributed by atoms with Crippen LogP contribution in [0.5, 0.6) is 5.75 Å². The minimum atomic E-state index is -0.508. The molecule has 1 aromatic heterocycles. The van der Waals surface area contributed by atoms with Crippen LogP contribution < -0.4 is 15.4 Å². The Hall–Kier alpha value is -3.19. The number of ether oxygens (including phenoxy) is 2. The van der Waals surface area contributed by atoms with Gasteiger partial charge in [-0.1, -0.05) is 30.3 Å². The van der Waals surface area contributed by atoms with Crippen LogP contribution in [0.4, 0.5) is 5.69 Å². The lowest BCUT2D eigenvalue weighted by atomic mass is 9.84. The number of anilines is 1. The first-order valence-electron chi connectivity index (χ1n) is 10.0. The summed E-state index contributed by atoms with van der Waals surface area (Å²) < 4.78 is 10.8. The molecule has 7 heteroatoms. The molecule has 158 valence electrons. The fourth-order valence-corrected chi connectivity index (χ4v) is 3.57. The molecule has 1 aromatic carbocycles. The van der Waals surface area contributed by atoms with Crippen molar-refractivity contribution in [1.82, 2.24) is 10.3 Å². The van der Waals surface area contributed by atoms with E-state index in [-0.39, 0.29) is 17.4 Å². The number of methoxy groups -OCH3 is 1. The van der Waals surface area contributed by atoms with Gasteiger partial charge >= 0.3 is 0 Å². The number of carbonyl (C=O) groups excluding carboxylic acids is 1. The Balaban J connectivity index is 1.92. The summed E-state index contributed by atoms with van der Waals surface area (Å²) in [6, 6.07) is 10.6. The van der Waals surface area contributed by atoms with Crippen LogP contribution in [0.3, 0.4) is 0 Å². The highest BCUT2D eigenvalue weighted by atomic mass is 16.5. The number of Topliss-reactive ketones (excluding diaryl/α,β-unsaturated/α-hetero) is 1. The Morgan fingerprint density at radius 3 is 2.67 bits per heavy atom. The maximum Gasteiger partial charge on any atom is 0.188 e. The maximum absolute atomic E-state index is 13.7. The molecule has 1 aliphatic heterocycles. The largest absolute Gasteiger partial charge is 0.495 e. The Labute approximate surface area is 177 Å². The summed E-state index contributed by atoms with van der Waals surface area (Å²) in [5, 5.41) is 14.9. The first kappa shape index (κ1) is 21.5. The summed E-state index contributed by atoms with van der Waals surface area (Å²) in [4.78, 5) is 17.9. The molecule has 3 rings (SSSR count). The molecular formula is C23H28N4O3. The highest BCUT2D eigenvalue weighted by Gasteiger charge is 2.33. The van der Waals surface area contributed by atoms with Gasteiger partial charge in [-0.25, -0.2) is 0 Å². The van der Waals surface area contributed by atoms with Gasteiger partial charge in [0.2, 0.25) is 0 Å². The minimum absolute atomic E-state index is 0.0845. The Morgan fingerprint density at radius 2 is 2.00 bits per heavy atom. The molecule has 1 saturated heterocycles. The van der Waals surface area contributed by atoms with E-state index in [1.54, 1.807) is 32.8 Å². The number of rotatable bonds is 9. The van der Waals surface area contributed by atoms with Gasteiger partial charge in [0.25, 0.3) is 0 Å². The molecule has 7 nitrogen and oxygen atoms in total. The lowest BCUT2D eigenvalue weighted by Crippen LogP contribution is -2.42. The Bertz CT molecular complexity index is 892. The summed E-state index contributed by atoms with van der Waals surface area (Å²) in [6.07, 6.45) is 6.44. The first-order valence-corrected chi connectivity index (χ1v) is 10.0. The van der Waals surface area contributed by atoms with E-state index in [1.165, 1.54) is 0 Å². The number of hydrogen-bond acceptors (Lipinski definition) is 7. The second-order valence-corrected chi connectivity index (χ2v) is 7.14. The lowest BCUT2D eigenvalue weighted by Gasteiger charge is -2.31. The number of hydrogen-bond donors (Lipinski definition) is 3. The van der Waals surface area contributed by atoms with Gasteiger partial charge in [-0.2, -0.15) is 0 Å². The Kier molecular flexibility index (Phi) is 7.57. The number of aromatic nitrogens is 1. The van der Waals surface area contributed by atoms with E-state index in [1.807, 2.05) is 36.4 Å². The fraction of sp³-hybridized carbons (Fsp3) is 0.348. The van der Waals surface area contributed by atoms with Crippen LogP contribution in [-0.2, 0) is 9.53 Å². The molecular weight excluding hydrogens is 380 g/mol. The Morgan fingerprint density at radius 1 is 1.27 bits per heavy atom. The van der Waals surface area contributed by atoms with Crippen molar-refractivity contribution in [2.45, 2.75) is 18.9 Å². The molecule has 0 radical (unpaired) electrons. The smallest absolute Gasteiger partial charge is 0.188 e. The van der Waals surface area contributed by atoms with Crippen LogP contribution >= 0.6 is 0 Å². The van der Waals surface area contributed by atoms with E-state index in [9.17, 15) is 4.79 Å². The molecule has 1 fully saturated rings.